The van der Waals surface area contributed by atoms with E-state index in [1.54, 1.807) is 20.8 Å². The van der Waals surface area contributed by atoms with E-state index >= 15 is 0 Å². The van der Waals surface area contributed by atoms with E-state index in [9.17, 15) is 4.79 Å². The van der Waals surface area contributed by atoms with Crippen LogP contribution in [0.3, 0.4) is 0 Å². The van der Waals surface area contributed by atoms with Crippen molar-refractivity contribution in [2.45, 2.75) is 34.1 Å². The average molecular weight is 267 g/mol. The molecule has 0 fully saturated rings. The molecule has 1 aromatic heterocycles. The molecule has 1 aromatic rings. The van der Waals surface area contributed by atoms with Crippen molar-refractivity contribution in [2.24, 2.45) is 11.1 Å². The van der Waals surface area contributed by atoms with Crippen LogP contribution in [0.2, 0.25) is 0 Å². The zero-order valence-electron chi connectivity index (χ0n) is 10.9. The Morgan fingerprint density at radius 3 is 2.44 bits per heavy atom. The third-order valence-electron chi connectivity index (χ3n) is 3.07. The van der Waals surface area contributed by atoms with Gasteiger partial charge in [0.2, 0.25) is 11.9 Å². The summed E-state index contributed by atoms with van der Waals surface area (Å²) in [6.07, 6.45) is 0.506. The van der Waals surface area contributed by atoms with Crippen LogP contribution in [0.25, 0.3) is 0 Å². The van der Waals surface area contributed by atoms with E-state index < -0.39 is 5.41 Å². The predicted molar refractivity (Wildman–Crippen MR) is 73.1 cm³/mol. The maximum Gasteiger partial charge on any atom is 0.249 e. The molecule has 0 saturated carbocycles. The SMILES string of the molecule is CCC(C)(C(=O)Nc1nnc(C)c(C)n1)C(N)=S. The molecule has 18 heavy (non-hydrogen) atoms. The van der Waals surface area contributed by atoms with Gasteiger partial charge in [-0.25, -0.2) is 4.98 Å². The third kappa shape index (κ3) is 2.79. The number of nitrogens with one attached hydrogen (secondary N) is 1. The lowest BCUT2D eigenvalue weighted by Crippen LogP contribution is -2.43. The second-order valence-corrected chi connectivity index (χ2v) is 4.75. The second kappa shape index (κ2) is 5.34. The number of aryl methyl sites for hydroxylation is 2. The summed E-state index contributed by atoms with van der Waals surface area (Å²) in [7, 11) is 0. The highest BCUT2D eigenvalue weighted by Crippen LogP contribution is 2.23. The van der Waals surface area contributed by atoms with Crippen LogP contribution in [-0.2, 0) is 4.79 Å². The Morgan fingerprint density at radius 2 is 2.00 bits per heavy atom. The fraction of sp³-hybridized carbons (Fsp3) is 0.545. The molecule has 0 aliphatic rings. The number of carbonyl (C=O) groups is 1. The van der Waals surface area contributed by atoms with E-state index in [0.29, 0.717) is 12.1 Å². The zero-order chi connectivity index (χ0) is 13.9. The molecule has 0 spiro atoms. The van der Waals surface area contributed by atoms with Crippen molar-refractivity contribution in [3.8, 4) is 0 Å². The lowest BCUT2D eigenvalue weighted by atomic mass is 9.86. The standard InChI is InChI=1S/C11H17N5OS/c1-5-11(4,8(12)18)9(17)14-10-13-6(2)7(3)15-16-10/h5H2,1-4H3,(H2,12,18)(H,13,14,16,17). The molecule has 3 N–H and O–H groups in total. The predicted octanol–water partition coefficient (Wildman–Crippen LogP) is 1.13. The van der Waals surface area contributed by atoms with Crippen LogP contribution in [0.5, 0.6) is 0 Å². The number of thiocarbonyl (C=S) groups is 1. The number of nitrogens with zero attached hydrogens (tertiary/aromatic N) is 3. The zero-order valence-corrected chi connectivity index (χ0v) is 11.8. The molecule has 0 aliphatic heterocycles. The van der Waals surface area contributed by atoms with Crippen LogP contribution < -0.4 is 11.1 Å². The van der Waals surface area contributed by atoms with Crippen LogP contribution in [0.15, 0.2) is 0 Å². The van der Waals surface area contributed by atoms with Crippen molar-refractivity contribution in [1.82, 2.24) is 15.2 Å². The lowest BCUT2D eigenvalue weighted by molar-refractivity contribution is -0.121. The fourth-order valence-electron chi connectivity index (χ4n) is 1.20. The van der Waals surface area contributed by atoms with Gasteiger partial charge in [0.15, 0.2) is 0 Å². The first-order chi connectivity index (χ1) is 8.31. The number of aromatic nitrogens is 3. The highest BCUT2D eigenvalue weighted by molar-refractivity contribution is 7.80. The van der Waals surface area contributed by atoms with Crippen molar-refractivity contribution < 1.29 is 4.79 Å². The Kier molecular flexibility index (Phi) is 4.28. The summed E-state index contributed by atoms with van der Waals surface area (Å²) in [5, 5.41) is 10.3. The summed E-state index contributed by atoms with van der Waals surface area (Å²) in [4.78, 5) is 16.4. The van der Waals surface area contributed by atoms with Crippen molar-refractivity contribution in [2.75, 3.05) is 5.32 Å². The first kappa shape index (κ1) is 14.4. The molecule has 1 unspecified atom stereocenters. The Morgan fingerprint density at radius 1 is 1.39 bits per heavy atom. The molecule has 1 amide bonds. The smallest absolute Gasteiger partial charge is 0.249 e. The van der Waals surface area contributed by atoms with Gasteiger partial charge in [-0.05, 0) is 27.2 Å². The monoisotopic (exact) mass is 267 g/mol. The summed E-state index contributed by atoms with van der Waals surface area (Å²) in [6.45, 7) is 7.13. The number of rotatable bonds is 4. The Bertz CT molecular complexity index is 490. The van der Waals surface area contributed by atoms with E-state index in [4.69, 9.17) is 18.0 Å². The molecule has 1 rings (SSSR count). The molecule has 0 bridgehead atoms. The van der Waals surface area contributed by atoms with Crippen LogP contribution >= 0.6 is 12.2 Å². The van der Waals surface area contributed by atoms with Gasteiger partial charge in [0, 0.05) is 0 Å². The molecule has 0 saturated heterocycles. The number of hydrogen-bond donors (Lipinski definition) is 2. The topological polar surface area (TPSA) is 93.8 Å². The minimum Gasteiger partial charge on any atom is -0.392 e. The van der Waals surface area contributed by atoms with E-state index in [-0.39, 0.29) is 16.8 Å². The highest BCUT2D eigenvalue weighted by atomic mass is 32.1. The average Bonchev–Trinajstić information content (AvgIpc) is 2.32. The maximum absolute atomic E-state index is 12.1. The Labute approximate surface area is 111 Å². The first-order valence-electron chi connectivity index (χ1n) is 5.60. The van der Waals surface area contributed by atoms with E-state index in [2.05, 4.69) is 20.5 Å². The van der Waals surface area contributed by atoms with Crippen LogP contribution in [0, 0.1) is 19.3 Å². The fourth-order valence-corrected chi connectivity index (χ4v) is 1.43. The van der Waals surface area contributed by atoms with Gasteiger partial charge in [-0.3, -0.25) is 10.1 Å². The van der Waals surface area contributed by atoms with Crippen molar-refractivity contribution in [3.05, 3.63) is 11.4 Å². The van der Waals surface area contributed by atoms with Gasteiger partial charge in [0.1, 0.15) is 0 Å². The van der Waals surface area contributed by atoms with Gasteiger partial charge in [-0.1, -0.05) is 19.1 Å². The molecule has 6 nitrogen and oxygen atoms in total. The number of carbonyl (C=O) groups excluding carboxylic acids is 1. The lowest BCUT2D eigenvalue weighted by Gasteiger charge is -2.24. The molecular formula is C11H17N5OS. The van der Waals surface area contributed by atoms with E-state index in [1.165, 1.54) is 0 Å². The number of hydrogen-bond acceptors (Lipinski definition) is 5. The van der Waals surface area contributed by atoms with Gasteiger partial charge in [-0.2, -0.15) is 5.10 Å². The molecular weight excluding hydrogens is 250 g/mol. The minimum atomic E-state index is -0.905. The van der Waals surface area contributed by atoms with Crippen molar-refractivity contribution >= 4 is 29.1 Å². The van der Waals surface area contributed by atoms with Gasteiger partial charge in [0.25, 0.3) is 0 Å². The molecule has 7 heteroatoms. The van der Waals surface area contributed by atoms with E-state index in [0.717, 1.165) is 5.69 Å². The van der Waals surface area contributed by atoms with Crippen LogP contribution in [0.1, 0.15) is 31.7 Å². The second-order valence-electron chi connectivity index (χ2n) is 4.31. The van der Waals surface area contributed by atoms with Crippen molar-refractivity contribution in [1.29, 1.82) is 0 Å². The van der Waals surface area contributed by atoms with E-state index in [1.807, 2.05) is 6.92 Å². The summed E-state index contributed by atoms with van der Waals surface area (Å²) >= 11 is 4.93. The summed E-state index contributed by atoms with van der Waals surface area (Å²) < 4.78 is 0. The summed E-state index contributed by atoms with van der Waals surface area (Å²) in [6, 6.07) is 0. The number of amides is 1. The highest BCUT2D eigenvalue weighted by Gasteiger charge is 2.35. The third-order valence-corrected chi connectivity index (χ3v) is 3.52. The number of nitrogens with two attached hydrogens (primary N) is 1. The number of anilines is 1. The first-order valence-corrected chi connectivity index (χ1v) is 6.01. The van der Waals surface area contributed by atoms with Gasteiger partial charge < -0.3 is 5.73 Å². The molecule has 0 aliphatic carbocycles. The van der Waals surface area contributed by atoms with Gasteiger partial charge in [-0.15, -0.1) is 5.10 Å². The molecule has 98 valence electrons. The quantitative estimate of drug-likeness (QED) is 0.794. The molecule has 1 atom stereocenters. The summed E-state index contributed by atoms with van der Waals surface area (Å²) in [5.74, 6) is -0.151. The minimum absolute atomic E-state index is 0.152. The van der Waals surface area contributed by atoms with Crippen LogP contribution in [-0.4, -0.2) is 26.1 Å². The molecule has 0 radical (unpaired) electrons. The normalized spacial score (nSPS) is 13.8. The summed E-state index contributed by atoms with van der Waals surface area (Å²) in [5.41, 5.74) is 6.14. The van der Waals surface area contributed by atoms with Crippen LogP contribution in [0.4, 0.5) is 5.95 Å². The Balaban J connectivity index is 2.93. The molecule has 0 aromatic carbocycles. The maximum atomic E-state index is 12.1. The Hall–Kier alpha value is -1.63. The molecule has 1 heterocycles. The van der Waals surface area contributed by atoms with Gasteiger partial charge >= 0.3 is 0 Å². The van der Waals surface area contributed by atoms with Crippen molar-refractivity contribution in [3.63, 3.8) is 0 Å². The largest absolute Gasteiger partial charge is 0.392 e. The van der Waals surface area contributed by atoms with Gasteiger partial charge in [0.05, 0.1) is 21.8 Å².